The number of nitrogens with zero attached hydrogens (tertiary/aromatic N) is 1. The number of anilines is 2. The number of nitriles is 1. The first-order valence-electron chi connectivity index (χ1n) is 5.01. The Labute approximate surface area is 127 Å². The second-order valence-electron chi connectivity index (χ2n) is 3.59. The van der Waals surface area contributed by atoms with Crippen LogP contribution < -0.4 is 5.32 Å². The molecule has 0 heterocycles. The van der Waals surface area contributed by atoms with E-state index in [0.29, 0.717) is 10.6 Å². The minimum Gasteiger partial charge on any atom is -0.355 e. The second-order valence-corrected chi connectivity index (χ2v) is 5.77. The molecule has 0 aliphatic heterocycles. The lowest BCUT2D eigenvalue weighted by Gasteiger charge is -2.08. The van der Waals surface area contributed by atoms with E-state index in [2.05, 4.69) is 43.2 Å². The molecule has 5 heteroatoms. The fourth-order valence-electron chi connectivity index (χ4n) is 1.47. The molecule has 0 radical (unpaired) electrons. The first-order chi connectivity index (χ1) is 8.58. The predicted octanol–water partition coefficient (Wildman–Crippen LogP) is 5.48. The quantitative estimate of drug-likeness (QED) is 0.742. The van der Waals surface area contributed by atoms with Gasteiger partial charge < -0.3 is 5.32 Å². The Morgan fingerprint density at radius 3 is 2.50 bits per heavy atom. The van der Waals surface area contributed by atoms with Gasteiger partial charge in [-0.1, -0.05) is 27.5 Å². The lowest BCUT2D eigenvalue weighted by molar-refractivity contribution is 1.46. The van der Waals surface area contributed by atoms with Crippen molar-refractivity contribution in [2.24, 2.45) is 0 Å². The number of benzene rings is 2. The van der Waals surface area contributed by atoms with Crippen molar-refractivity contribution in [2.75, 3.05) is 5.32 Å². The molecule has 0 atom stereocenters. The van der Waals surface area contributed by atoms with Gasteiger partial charge in [-0.25, -0.2) is 0 Å². The summed E-state index contributed by atoms with van der Waals surface area (Å²) in [6.45, 7) is 0. The maximum absolute atomic E-state index is 8.91. The minimum atomic E-state index is 0.597. The summed E-state index contributed by atoms with van der Waals surface area (Å²) < 4.78 is 1.68. The molecule has 0 aliphatic carbocycles. The van der Waals surface area contributed by atoms with E-state index in [4.69, 9.17) is 16.9 Å². The van der Waals surface area contributed by atoms with E-state index in [9.17, 15) is 0 Å². The van der Waals surface area contributed by atoms with Gasteiger partial charge in [0.05, 0.1) is 16.7 Å². The molecule has 1 N–H and O–H groups in total. The van der Waals surface area contributed by atoms with E-state index in [1.807, 2.05) is 18.2 Å². The maximum Gasteiger partial charge on any atom is 0.0992 e. The van der Waals surface area contributed by atoms with Crippen LogP contribution in [0.3, 0.4) is 0 Å². The van der Waals surface area contributed by atoms with Crippen LogP contribution in [0.5, 0.6) is 0 Å². The van der Waals surface area contributed by atoms with Crippen molar-refractivity contribution >= 4 is 54.8 Å². The highest BCUT2D eigenvalue weighted by atomic mass is 79.9. The summed E-state index contributed by atoms with van der Waals surface area (Å²) in [6, 6.07) is 13.1. The zero-order valence-corrected chi connectivity index (χ0v) is 13.0. The molecule has 2 aromatic carbocycles. The molecule has 2 aromatic rings. The van der Waals surface area contributed by atoms with Crippen LogP contribution in [0.4, 0.5) is 11.4 Å². The molecule has 90 valence electrons. The number of hydrogen-bond donors (Lipinski definition) is 1. The number of halogens is 3. The minimum absolute atomic E-state index is 0.597. The SMILES string of the molecule is N#Cc1cc(Br)cc(Nc2ccc(Cl)c(Br)c2)c1. The van der Waals surface area contributed by atoms with Crippen LogP contribution in [0.2, 0.25) is 5.02 Å². The van der Waals surface area contributed by atoms with E-state index in [-0.39, 0.29) is 0 Å². The fourth-order valence-corrected chi connectivity index (χ4v) is 2.46. The summed E-state index contributed by atoms with van der Waals surface area (Å²) in [6.07, 6.45) is 0. The van der Waals surface area contributed by atoms with Gasteiger partial charge in [-0.3, -0.25) is 0 Å². The van der Waals surface area contributed by atoms with Crippen LogP contribution in [0, 0.1) is 11.3 Å². The van der Waals surface area contributed by atoms with E-state index in [1.165, 1.54) is 0 Å². The van der Waals surface area contributed by atoms with E-state index >= 15 is 0 Å². The third-order valence-corrected chi connectivity index (χ3v) is 3.91. The molecule has 2 nitrogen and oxygen atoms in total. The molecule has 0 fully saturated rings. The number of hydrogen-bond acceptors (Lipinski definition) is 2. The molecule has 2 rings (SSSR count). The monoisotopic (exact) mass is 384 g/mol. The first-order valence-corrected chi connectivity index (χ1v) is 6.97. The van der Waals surface area contributed by atoms with Crippen molar-refractivity contribution in [3.8, 4) is 6.07 Å². The van der Waals surface area contributed by atoms with Crippen molar-refractivity contribution in [3.63, 3.8) is 0 Å². The molecule has 0 amide bonds. The van der Waals surface area contributed by atoms with Gasteiger partial charge in [0, 0.05) is 20.3 Å². The van der Waals surface area contributed by atoms with Gasteiger partial charge in [0.15, 0.2) is 0 Å². The molecular weight excluding hydrogens is 379 g/mol. The Balaban J connectivity index is 2.31. The second kappa shape index (κ2) is 5.75. The summed E-state index contributed by atoms with van der Waals surface area (Å²) in [5.41, 5.74) is 2.34. The van der Waals surface area contributed by atoms with Crippen LogP contribution in [-0.4, -0.2) is 0 Å². The average molecular weight is 386 g/mol. The molecule has 0 bridgehead atoms. The summed E-state index contributed by atoms with van der Waals surface area (Å²) >= 11 is 12.7. The van der Waals surface area contributed by atoms with Crippen molar-refractivity contribution in [1.82, 2.24) is 0 Å². The van der Waals surface area contributed by atoms with Crippen LogP contribution >= 0.6 is 43.5 Å². The van der Waals surface area contributed by atoms with Gasteiger partial charge in [0.1, 0.15) is 0 Å². The molecular formula is C13H7Br2ClN2. The third kappa shape index (κ3) is 3.26. The summed E-state index contributed by atoms with van der Waals surface area (Å²) in [5, 5.41) is 12.8. The van der Waals surface area contributed by atoms with Crippen LogP contribution in [0.15, 0.2) is 45.3 Å². The van der Waals surface area contributed by atoms with Gasteiger partial charge in [0.25, 0.3) is 0 Å². The van der Waals surface area contributed by atoms with Crippen LogP contribution in [0.1, 0.15) is 5.56 Å². The van der Waals surface area contributed by atoms with E-state index in [1.54, 1.807) is 18.2 Å². The highest BCUT2D eigenvalue weighted by Crippen LogP contribution is 2.28. The summed E-state index contributed by atoms with van der Waals surface area (Å²) in [7, 11) is 0. The Hall–Kier alpha value is -1.02. The Morgan fingerprint density at radius 2 is 1.83 bits per heavy atom. The smallest absolute Gasteiger partial charge is 0.0992 e. The van der Waals surface area contributed by atoms with Crippen molar-refractivity contribution in [1.29, 1.82) is 5.26 Å². The van der Waals surface area contributed by atoms with E-state index < -0.39 is 0 Å². The Morgan fingerprint density at radius 1 is 1.06 bits per heavy atom. The molecule has 0 aromatic heterocycles. The zero-order chi connectivity index (χ0) is 13.1. The third-order valence-electron chi connectivity index (χ3n) is 2.24. The fraction of sp³-hybridized carbons (Fsp3) is 0. The van der Waals surface area contributed by atoms with Crippen molar-refractivity contribution in [3.05, 3.63) is 55.9 Å². The van der Waals surface area contributed by atoms with Gasteiger partial charge >= 0.3 is 0 Å². The Kier molecular flexibility index (Phi) is 4.28. The van der Waals surface area contributed by atoms with Gasteiger partial charge in [-0.2, -0.15) is 5.26 Å². The van der Waals surface area contributed by atoms with Crippen LogP contribution in [-0.2, 0) is 0 Å². The molecule has 18 heavy (non-hydrogen) atoms. The lowest BCUT2D eigenvalue weighted by atomic mass is 10.2. The topological polar surface area (TPSA) is 35.8 Å². The normalized spacial score (nSPS) is 9.89. The largest absolute Gasteiger partial charge is 0.355 e. The molecule has 0 unspecified atom stereocenters. The average Bonchev–Trinajstić information content (AvgIpc) is 2.33. The van der Waals surface area contributed by atoms with E-state index in [0.717, 1.165) is 20.3 Å². The predicted molar refractivity (Wildman–Crippen MR) is 81.3 cm³/mol. The number of rotatable bonds is 2. The lowest BCUT2D eigenvalue weighted by Crippen LogP contribution is -1.91. The first kappa shape index (κ1) is 13.4. The van der Waals surface area contributed by atoms with Gasteiger partial charge in [-0.05, 0) is 52.3 Å². The standard InChI is InChI=1S/C13H7Br2ClN2/c14-9-3-8(7-17)4-11(5-9)18-10-1-2-13(16)12(15)6-10/h1-6,18H. The molecule has 0 spiro atoms. The summed E-state index contributed by atoms with van der Waals surface area (Å²) in [4.78, 5) is 0. The number of nitrogens with one attached hydrogen (secondary N) is 1. The van der Waals surface area contributed by atoms with Gasteiger partial charge in [0.2, 0.25) is 0 Å². The van der Waals surface area contributed by atoms with Gasteiger partial charge in [-0.15, -0.1) is 0 Å². The molecule has 0 saturated carbocycles. The highest BCUT2D eigenvalue weighted by molar-refractivity contribution is 9.10. The summed E-state index contributed by atoms with van der Waals surface area (Å²) in [5.74, 6) is 0. The maximum atomic E-state index is 8.91. The Bertz CT molecular complexity index is 635. The van der Waals surface area contributed by atoms with Crippen LogP contribution in [0.25, 0.3) is 0 Å². The highest BCUT2D eigenvalue weighted by Gasteiger charge is 2.02. The van der Waals surface area contributed by atoms with Crippen molar-refractivity contribution in [2.45, 2.75) is 0 Å². The molecule has 0 aliphatic rings. The van der Waals surface area contributed by atoms with Crippen molar-refractivity contribution < 1.29 is 0 Å². The zero-order valence-electron chi connectivity index (χ0n) is 9.05. The molecule has 0 saturated heterocycles.